The van der Waals surface area contributed by atoms with Gasteiger partial charge in [0.15, 0.2) is 0 Å². The highest BCUT2D eigenvalue weighted by Crippen LogP contribution is 2.38. The normalized spacial score (nSPS) is 21.7. The summed E-state index contributed by atoms with van der Waals surface area (Å²) < 4.78 is 19.7. The summed E-state index contributed by atoms with van der Waals surface area (Å²) in [6, 6.07) is 8.33. The zero-order valence-corrected chi connectivity index (χ0v) is 19.0. The summed E-state index contributed by atoms with van der Waals surface area (Å²) in [7, 11) is 3.48. The van der Waals surface area contributed by atoms with Gasteiger partial charge in [-0.2, -0.15) is 0 Å². The Morgan fingerprint density at radius 2 is 1.97 bits per heavy atom. The maximum absolute atomic E-state index is 14.0. The van der Waals surface area contributed by atoms with Gasteiger partial charge in [-0.25, -0.2) is 4.39 Å². The molecule has 2 aliphatic rings. The molecule has 1 aromatic carbocycles. The van der Waals surface area contributed by atoms with Crippen molar-refractivity contribution in [2.24, 2.45) is 5.41 Å². The van der Waals surface area contributed by atoms with Crippen LogP contribution in [-0.2, 0) is 22.4 Å². The molecule has 2 fully saturated rings. The lowest BCUT2D eigenvalue weighted by Crippen LogP contribution is -2.44. The van der Waals surface area contributed by atoms with Gasteiger partial charge in [0.05, 0.1) is 17.5 Å². The predicted octanol–water partition coefficient (Wildman–Crippen LogP) is 3.95. The van der Waals surface area contributed by atoms with E-state index in [9.17, 15) is 14.0 Å². The third kappa shape index (κ3) is 4.71. The van der Waals surface area contributed by atoms with Gasteiger partial charge in [-0.1, -0.05) is 42.6 Å². The van der Waals surface area contributed by atoms with E-state index in [2.05, 4.69) is 5.16 Å². The highest BCUT2D eigenvalue weighted by Gasteiger charge is 2.47. The van der Waals surface area contributed by atoms with Crippen LogP contribution in [-0.4, -0.2) is 54.0 Å². The van der Waals surface area contributed by atoms with Gasteiger partial charge in [-0.15, -0.1) is 0 Å². The molecular formula is C25H32FN3O3. The summed E-state index contributed by atoms with van der Waals surface area (Å²) in [6.45, 7) is 0.771. The third-order valence-electron chi connectivity index (χ3n) is 6.98. The number of carbonyl (C=O) groups is 2. The Balaban J connectivity index is 1.49. The molecule has 1 aromatic heterocycles. The molecule has 0 N–H and O–H groups in total. The fraction of sp³-hybridized carbons (Fsp3) is 0.560. The average Bonchev–Trinajstić information content (AvgIpc) is 3.44. The molecule has 172 valence electrons. The Labute approximate surface area is 188 Å². The molecule has 32 heavy (non-hydrogen) atoms. The van der Waals surface area contributed by atoms with E-state index in [1.54, 1.807) is 42.1 Å². The molecule has 0 spiro atoms. The molecule has 1 saturated heterocycles. The Hall–Kier alpha value is -2.70. The molecule has 4 rings (SSSR count). The van der Waals surface area contributed by atoms with Gasteiger partial charge in [0, 0.05) is 45.6 Å². The van der Waals surface area contributed by atoms with Crippen molar-refractivity contribution in [2.45, 2.75) is 57.3 Å². The van der Waals surface area contributed by atoms with Gasteiger partial charge in [-0.3, -0.25) is 9.59 Å². The highest BCUT2D eigenvalue weighted by atomic mass is 19.1. The van der Waals surface area contributed by atoms with Crippen molar-refractivity contribution in [3.8, 4) is 0 Å². The maximum Gasteiger partial charge on any atom is 0.230 e. The molecule has 2 aromatic rings. The summed E-state index contributed by atoms with van der Waals surface area (Å²) in [6.07, 6.45) is 6.92. The number of amides is 2. The van der Waals surface area contributed by atoms with Crippen LogP contribution in [0.1, 0.15) is 61.5 Å². The van der Waals surface area contributed by atoms with E-state index < -0.39 is 5.41 Å². The van der Waals surface area contributed by atoms with Crippen LogP contribution in [0.25, 0.3) is 0 Å². The SMILES string of the molecule is CN(C)C(=O)C1(Cc2cc(C3CCCCC3)no2)CCN(C(=O)Cc2ccccc2F)C1. The molecule has 2 amide bonds. The minimum Gasteiger partial charge on any atom is -0.361 e. The predicted molar refractivity (Wildman–Crippen MR) is 118 cm³/mol. The van der Waals surface area contributed by atoms with E-state index in [1.807, 2.05) is 6.07 Å². The summed E-state index contributed by atoms with van der Waals surface area (Å²) >= 11 is 0. The largest absolute Gasteiger partial charge is 0.361 e. The molecule has 0 bridgehead atoms. The van der Waals surface area contributed by atoms with Crippen molar-refractivity contribution >= 4 is 11.8 Å². The van der Waals surface area contributed by atoms with Crippen LogP contribution in [0.4, 0.5) is 4.39 Å². The van der Waals surface area contributed by atoms with Gasteiger partial charge in [0.2, 0.25) is 11.8 Å². The first kappa shape index (κ1) is 22.5. The Morgan fingerprint density at radius 1 is 1.22 bits per heavy atom. The lowest BCUT2D eigenvalue weighted by atomic mass is 9.80. The molecule has 2 heterocycles. The number of nitrogens with zero attached hydrogens (tertiary/aromatic N) is 3. The second kappa shape index (κ2) is 9.43. The standard InChI is InChI=1S/C25H32FN3O3/c1-28(2)24(31)25(16-20-15-22(27-32-20)18-8-4-3-5-9-18)12-13-29(17-25)23(30)14-19-10-6-7-11-21(19)26/h6-7,10-11,15,18H,3-5,8-9,12-14,16-17H2,1-2H3. The van der Waals surface area contributed by atoms with Crippen LogP contribution in [0.2, 0.25) is 0 Å². The van der Waals surface area contributed by atoms with Crippen molar-refractivity contribution in [3.63, 3.8) is 0 Å². The number of rotatable bonds is 6. The fourth-order valence-corrected chi connectivity index (χ4v) is 5.21. The van der Waals surface area contributed by atoms with Crippen LogP contribution in [0.15, 0.2) is 34.9 Å². The Bertz CT molecular complexity index is 967. The number of aromatic nitrogens is 1. The van der Waals surface area contributed by atoms with Gasteiger partial charge in [0.1, 0.15) is 11.6 Å². The van der Waals surface area contributed by atoms with E-state index in [0.29, 0.717) is 43.2 Å². The Morgan fingerprint density at radius 3 is 2.69 bits per heavy atom. The topological polar surface area (TPSA) is 66.7 Å². The van der Waals surface area contributed by atoms with Crippen molar-refractivity contribution in [3.05, 3.63) is 53.2 Å². The first-order valence-corrected chi connectivity index (χ1v) is 11.6. The van der Waals surface area contributed by atoms with E-state index >= 15 is 0 Å². The van der Waals surface area contributed by atoms with Crippen LogP contribution in [0.3, 0.4) is 0 Å². The first-order chi connectivity index (χ1) is 15.4. The van der Waals surface area contributed by atoms with Gasteiger partial charge < -0.3 is 14.3 Å². The van der Waals surface area contributed by atoms with Crippen molar-refractivity contribution in [1.82, 2.24) is 15.0 Å². The lowest BCUT2D eigenvalue weighted by Gasteiger charge is -2.30. The minimum atomic E-state index is -0.752. The second-order valence-electron chi connectivity index (χ2n) is 9.54. The molecule has 1 aliphatic carbocycles. The number of halogens is 1. The van der Waals surface area contributed by atoms with Gasteiger partial charge >= 0.3 is 0 Å². The summed E-state index contributed by atoms with van der Waals surface area (Å²) in [5, 5.41) is 4.31. The maximum atomic E-state index is 14.0. The molecule has 1 aliphatic heterocycles. The van der Waals surface area contributed by atoms with Crippen molar-refractivity contribution < 1.29 is 18.5 Å². The van der Waals surface area contributed by atoms with E-state index in [1.165, 1.54) is 25.3 Å². The average molecular weight is 442 g/mol. The molecule has 0 radical (unpaired) electrons. The summed E-state index contributed by atoms with van der Waals surface area (Å²) in [4.78, 5) is 29.4. The van der Waals surface area contributed by atoms with Crippen molar-refractivity contribution in [2.75, 3.05) is 27.2 Å². The van der Waals surface area contributed by atoms with E-state index in [4.69, 9.17) is 4.52 Å². The van der Waals surface area contributed by atoms with Gasteiger partial charge in [0.25, 0.3) is 0 Å². The third-order valence-corrected chi connectivity index (χ3v) is 6.98. The smallest absolute Gasteiger partial charge is 0.230 e. The molecule has 1 atom stereocenters. The molecule has 7 heteroatoms. The summed E-state index contributed by atoms with van der Waals surface area (Å²) in [5.74, 6) is 0.569. The number of benzene rings is 1. The molecule has 6 nitrogen and oxygen atoms in total. The lowest BCUT2D eigenvalue weighted by molar-refractivity contribution is -0.139. The van der Waals surface area contributed by atoms with Gasteiger partial charge in [-0.05, 0) is 30.9 Å². The molecule has 1 saturated carbocycles. The fourth-order valence-electron chi connectivity index (χ4n) is 5.21. The zero-order valence-electron chi connectivity index (χ0n) is 19.0. The van der Waals surface area contributed by atoms with Crippen LogP contribution in [0.5, 0.6) is 0 Å². The first-order valence-electron chi connectivity index (χ1n) is 11.6. The number of carbonyl (C=O) groups excluding carboxylic acids is 2. The van der Waals surface area contributed by atoms with E-state index in [0.717, 1.165) is 18.5 Å². The summed E-state index contributed by atoms with van der Waals surface area (Å²) in [5.41, 5.74) is 0.608. The monoisotopic (exact) mass is 441 g/mol. The quantitative estimate of drug-likeness (QED) is 0.681. The Kier molecular flexibility index (Phi) is 6.63. The van der Waals surface area contributed by atoms with Crippen LogP contribution >= 0.6 is 0 Å². The van der Waals surface area contributed by atoms with Crippen LogP contribution < -0.4 is 0 Å². The number of likely N-dealkylation sites (tertiary alicyclic amines) is 1. The number of hydrogen-bond acceptors (Lipinski definition) is 4. The number of hydrogen-bond donors (Lipinski definition) is 0. The van der Waals surface area contributed by atoms with Crippen molar-refractivity contribution in [1.29, 1.82) is 0 Å². The highest BCUT2D eigenvalue weighted by molar-refractivity contribution is 5.86. The van der Waals surface area contributed by atoms with E-state index in [-0.39, 0.29) is 24.1 Å². The van der Waals surface area contributed by atoms with Crippen LogP contribution in [0, 0.1) is 11.2 Å². The minimum absolute atomic E-state index is 0.00690. The zero-order chi connectivity index (χ0) is 22.7. The molecular weight excluding hydrogens is 409 g/mol. The molecule has 1 unspecified atom stereocenters. The second-order valence-corrected chi connectivity index (χ2v) is 9.54.